The number of ether oxygens (including phenoxy) is 1. The molecule has 23 heavy (non-hydrogen) atoms. The van der Waals surface area contributed by atoms with Gasteiger partial charge in [-0.2, -0.15) is 0 Å². The molecular formula is C19H22ClNO2. The summed E-state index contributed by atoms with van der Waals surface area (Å²) in [6.07, 6.45) is 1.23. The normalized spacial score (nSPS) is 10.4. The maximum Gasteiger partial charge on any atom is 0.222 e. The van der Waals surface area contributed by atoms with Crippen LogP contribution in [0.1, 0.15) is 23.1 Å². The van der Waals surface area contributed by atoms with Crippen LogP contribution in [-0.4, -0.2) is 25.0 Å². The fourth-order valence-corrected chi connectivity index (χ4v) is 2.62. The molecule has 2 aromatic rings. The summed E-state index contributed by atoms with van der Waals surface area (Å²) >= 11 is 5.87. The van der Waals surface area contributed by atoms with Crippen LogP contribution in [0, 0.1) is 6.92 Å². The Labute approximate surface area is 142 Å². The zero-order valence-electron chi connectivity index (χ0n) is 13.8. The van der Waals surface area contributed by atoms with Crippen LogP contribution in [0.25, 0.3) is 0 Å². The molecule has 0 heterocycles. The zero-order valence-corrected chi connectivity index (χ0v) is 14.6. The molecule has 0 unspecified atom stereocenters. The number of halogens is 1. The fourth-order valence-electron chi connectivity index (χ4n) is 2.49. The number of methoxy groups -OCH3 is 1. The van der Waals surface area contributed by atoms with Crippen LogP contribution >= 0.6 is 11.6 Å². The van der Waals surface area contributed by atoms with Gasteiger partial charge in [-0.15, -0.1) is 0 Å². The van der Waals surface area contributed by atoms with E-state index in [1.54, 1.807) is 12.0 Å². The second-order valence-electron chi connectivity index (χ2n) is 5.68. The third-order valence-electron chi connectivity index (χ3n) is 3.85. The van der Waals surface area contributed by atoms with E-state index in [0.29, 0.717) is 18.0 Å². The number of carbonyl (C=O) groups excluding carboxylic acids is 1. The van der Waals surface area contributed by atoms with Crippen LogP contribution in [0.4, 0.5) is 0 Å². The highest BCUT2D eigenvalue weighted by atomic mass is 35.5. The summed E-state index contributed by atoms with van der Waals surface area (Å²) in [6.45, 7) is 2.61. The third kappa shape index (κ3) is 5.00. The first-order valence-electron chi connectivity index (χ1n) is 7.61. The average Bonchev–Trinajstić information content (AvgIpc) is 2.54. The van der Waals surface area contributed by atoms with Crippen molar-refractivity contribution in [1.29, 1.82) is 0 Å². The number of hydrogen-bond donors (Lipinski definition) is 0. The Kier molecular flexibility index (Phi) is 6.05. The van der Waals surface area contributed by atoms with Crippen LogP contribution in [0.3, 0.4) is 0 Å². The molecule has 122 valence electrons. The molecule has 0 aliphatic heterocycles. The van der Waals surface area contributed by atoms with Gasteiger partial charge >= 0.3 is 0 Å². The summed E-state index contributed by atoms with van der Waals surface area (Å²) in [7, 11) is 3.49. The maximum atomic E-state index is 12.3. The van der Waals surface area contributed by atoms with Crippen molar-refractivity contribution in [2.24, 2.45) is 0 Å². The summed E-state index contributed by atoms with van der Waals surface area (Å²) in [6, 6.07) is 13.6. The van der Waals surface area contributed by atoms with Gasteiger partial charge < -0.3 is 9.64 Å². The van der Waals surface area contributed by atoms with Gasteiger partial charge in [-0.1, -0.05) is 35.9 Å². The molecule has 0 fully saturated rings. The van der Waals surface area contributed by atoms with Gasteiger partial charge in [0, 0.05) is 25.0 Å². The molecule has 0 aliphatic rings. The minimum absolute atomic E-state index is 0.133. The Morgan fingerprint density at radius 3 is 2.39 bits per heavy atom. The first-order chi connectivity index (χ1) is 11.0. The van der Waals surface area contributed by atoms with E-state index < -0.39 is 0 Å². The van der Waals surface area contributed by atoms with E-state index in [-0.39, 0.29) is 5.91 Å². The molecule has 0 spiro atoms. The first kappa shape index (κ1) is 17.4. The summed E-state index contributed by atoms with van der Waals surface area (Å²) in [5.41, 5.74) is 3.31. The number of hydrogen-bond acceptors (Lipinski definition) is 2. The zero-order chi connectivity index (χ0) is 16.8. The third-order valence-corrected chi connectivity index (χ3v) is 4.10. The quantitative estimate of drug-likeness (QED) is 0.792. The van der Waals surface area contributed by atoms with Gasteiger partial charge in [0.25, 0.3) is 0 Å². The van der Waals surface area contributed by atoms with Crippen molar-refractivity contribution in [3.8, 4) is 5.75 Å². The van der Waals surface area contributed by atoms with Crippen LogP contribution in [0.2, 0.25) is 5.02 Å². The molecule has 0 N–H and O–H groups in total. The highest BCUT2D eigenvalue weighted by molar-refractivity contribution is 6.30. The van der Waals surface area contributed by atoms with Gasteiger partial charge in [0.2, 0.25) is 5.91 Å². The molecule has 2 rings (SSSR count). The molecule has 1 amide bonds. The highest BCUT2D eigenvalue weighted by Crippen LogP contribution is 2.19. The highest BCUT2D eigenvalue weighted by Gasteiger charge is 2.10. The van der Waals surface area contributed by atoms with Gasteiger partial charge in [-0.05, 0) is 48.2 Å². The Morgan fingerprint density at radius 1 is 1.13 bits per heavy atom. The molecule has 0 aliphatic carbocycles. The molecule has 0 radical (unpaired) electrons. The Morgan fingerprint density at radius 2 is 1.78 bits per heavy atom. The van der Waals surface area contributed by atoms with Crippen LogP contribution in [0.5, 0.6) is 5.75 Å². The Balaban J connectivity index is 1.88. The first-order valence-corrected chi connectivity index (χ1v) is 7.99. The predicted molar refractivity (Wildman–Crippen MR) is 94.0 cm³/mol. The number of rotatable bonds is 6. The number of carbonyl (C=O) groups is 1. The van der Waals surface area contributed by atoms with E-state index in [1.807, 2.05) is 50.4 Å². The molecule has 4 heteroatoms. The van der Waals surface area contributed by atoms with E-state index in [2.05, 4.69) is 6.07 Å². The second-order valence-corrected chi connectivity index (χ2v) is 6.12. The standard InChI is InChI=1S/C19H22ClNO2/c1-14-12-15(6-10-18(14)23-3)7-11-19(22)21(2)13-16-4-8-17(20)9-5-16/h4-6,8-10,12H,7,11,13H2,1-3H3. The van der Waals surface area contributed by atoms with Crippen molar-refractivity contribution in [2.75, 3.05) is 14.2 Å². The molecule has 0 saturated carbocycles. The van der Waals surface area contributed by atoms with Crippen molar-refractivity contribution < 1.29 is 9.53 Å². The molecule has 0 aromatic heterocycles. The molecule has 0 bridgehead atoms. The number of amides is 1. The molecule has 2 aromatic carbocycles. The van der Waals surface area contributed by atoms with Gasteiger partial charge in [0.05, 0.1) is 7.11 Å². The van der Waals surface area contributed by atoms with Gasteiger partial charge in [-0.3, -0.25) is 4.79 Å². The number of aryl methyl sites for hydroxylation is 2. The van der Waals surface area contributed by atoms with Crippen LogP contribution in [0.15, 0.2) is 42.5 Å². The van der Waals surface area contributed by atoms with Gasteiger partial charge in [0.1, 0.15) is 5.75 Å². The summed E-state index contributed by atoms with van der Waals surface area (Å²) < 4.78 is 5.25. The largest absolute Gasteiger partial charge is 0.496 e. The van der Waals surface area contributed by atoms with Crippen molar-refractivity contribution in [3.05, 3.63) is 64.2 Å². The lowest BCUT2D eigenvalue weighted by Crippen LogP contribution is -2.26. The summed E-state index contributed by atoms with van der Waals surface area (Å²) in [4.78, 5) is 14.0. The maximum absolute atomic E-state index is 12.3. The Hall–Kier alpha value is -2.00. The SMILES string of the molecule is COc1ccc(CCC(=O)N(C)Cc2ccc(Cl)cc2)cc1C. The summed E-state index contributed by atoms with van der Waals surface area (Å²) in [5.74, 6) is 1.01. The molecular weight excluding hydrogens is 310 g/mol. The number of nitrogens with zero attached hydrogens (tertiary/aromatic N) is 1. The Bertz CT molecular complexity index is 668. The van der Waals surface area contributed by atoms with Crippen LogP contribution < -0.4 is 4.74 Å². The van der Waals surface area contributed by atoms with E-state index in [1.165, 1.54) is 0 Å². The lowest BCUT2D eigenvalue weighted by molar-refractivity contribution is -0.130. The average molecular weight is 332 g/mol. The van der Waals surface area contributed by atoms with Gasteiger partial charge in [-0.25, -0.2) is 0 Å². The topological polar surface area (TPSA) is 29.5 Å². The minimum Gasteiger partial charge on any atom is -0.496 e. The minimum atomic E-state index is 0.133. The molecule has 0 saturated heterocycles. The lowest BCUT2D eigenvalue weighted by Gasteiger charge is -2.17. The van der Waals surface area contributed by atoms with Gasteiger partial charge in [0.15, 0.2) is 0 Å². The molecule has 3 nitrogen and oxygen atoms in total. The van der Waals surface area contributed by atoms with Crippen molar-refractivity contribution in [3.63, 3.8) is 0 Å². The fraction of sp³-hybridized carbons (Fsp3) is 0.316. The van der Waals surface area contributed by atoms with E-state index in [0.717, 1.165) is 28.9 Å². The summed E-state index contributed by atoms with van der Waals surface area (Å²) in [5, 5.41) is 0.706. The molecule has 0 atom stereocenters. The van der Waals surface area contributed by atoms with E-state index in [9.17, 15) is 4.79 Å². The smallest absolute Gasteiger partial charge is 0.222 e. The van der Waals surface area contributed by atoms with Crippen molar-refractivity contribution in [2.45, 2.75) is 26.3 Å². The monoisotopic (exact) mass is 331 g/mol. The number of benzene rings is 2. The van der Waals surface area contributed by atoms with E-state index >= 15 is 0 Å². The lowest BCUT2D eigenvalue weighted by atomic mass is 10.1. The second kappa shape index (κ2) is 8.02. The van der Waals surface area contributed by atoms with E-state index in [4.69, 9.17) is 16.3 Å². The van der Waals surface area contributed by atoms with Crippen molar-refractivity contribution in [1.82, 2.24) is 4.90 Å². The predicted octanol–water partition coefficient (Wildman–Crippen LogP) is 4.25. The van der Waals surface area contributed by atoms with Crippen LogP contribution in [-0.2, 0) is 17.8 Å². The van der Waals surface area contributed by atoms with Crippen molar-refractivity contribution >= 4 is 17.5 Å².